The Labute approximate surface area is 163 Å². The van der Waals surface area contributed by atoms with E-state index in [4.69, 9.17) is 28.9 Å². The number of hydrogen-bond acceptors (Lipinski definition) is 6. The van der Waals surface area contributed by atoms with Crippen molar-refractivity contribution in [2.75, 3.05) is 12.5 Å². The Morgan fingerprint density at radius 2 is 1.44 bits per heavy atom. The fraction of sp³-hybridized carbons (Fsp3) is 0.133. The van der Waals surface area contributed by atoms with Gasteiger partial charge in [0, 0.05) is 12.4 Å². The molecule has 132 valence electrons. The Morgan fingerprint density at radius 3 is 1.80 bits per heavy atom. The van der Waals surface area contributed by atoms with Crippen molar-refractivity contribution >= 4 is 62.9 Å². The standard InChI is InChI=1S/C9H9ClN2OS2.C6H5ClN2O/c1-14-9(15-2)12-8(13)6-3-4-7(10)11-5-6;7-5-2-1-4(3-9-5)6(8)10/h3-5H,1-2H3;1-3H,(H2,8,10). The van der Waals surface area contributed by atoms with E-state index in [2.05, 4.69) is 15.0 Å². The molecule has 0 bridgehead atoms. The lowest BCUT2D eigenvalue weighted by molar-refractivity contribution is 0.0993. The molecule has 6 nitrogen and oxygen atoms in total. The summed E-state index contributed by atoms with van der Waals surface area (Å²) in [5.74, 6) is -0.790. The fourth-order valence-electron chi connectivity index (χ4n) is 1.35. The van der Waals surface area contributed by atoms with Crippen LogP contribution in [-0.4, -0.2) is 38.7 Å². The first kappa shape index (κ1) is 21.4. The predicted molar refractivity (Wildman–Crippen MR) is 106 cm³/mol. The summed E-state index contributed by atoms with van der Waals surface area (Å²) in [5, 5.41) is 0.718. The third-order valence-corrected chi connectivity index (χ3v) is 4.86. The van der Waals surface area contributed by atoms with Crippen LogP contribution < -0.4 is 5.73 Å². The van der Waals surface area contributed by atoms with Gasteiger partial charge in [0.15, 0.2) is 0 Å². The Kier molecular flexibility index (Phi) is 9.51. The topological polar surface area (TPSA) is 98.3 Å². The molecule has 0 spiro atoms. The van der Waals surface area contributed by atoms with Crippen LogP contribution in [0.25, 0.3) is 0 Å². The second-order valence-electron chi connectivity index (χ2n) is 4.19. The van der Waals surface area contributed by atoms with Gasteiger partial charge >= 0.3 is 0 Å². The molecular formula is C15H14Cl2N4O2S2. The Morgan fingerprint density at radius 1 is 0.960 bits per heavy atom. The van der Waals surface area contributed by atoms with Crippen LogP contribution in [0, 0.1) is 0 Å². The Bertz CT molecular complexity index is 747. The number of primary amides is 1. The highest BCUT2D eigenvalue weighted by atomic mass is 35.5. The average Bonchev–Trinajstić information content (AvgIpc) is 2.61. The van der Waals surface area contributed by atoms with Gasteiger partial charge in [0.25, 0.3) is 5.91 Å². The van der Waals surface area contributed by atoms with E-state index in [1.165, 1.54) is 48.1 Å². The number of nitrogens with two attached hydrogens (primary N) is 1. The van der Waals surface area contributed by atoms with Crippen molar-refractivity contribution < 1.29 is 9.59 Å². The SMILES string of the molecule is CSC(=NC(=O)c1ccc(Cl)nc1)SC.NC(=O)c1ccc(Cl)nc1. The van der Waals surface area contributed by atoms with Crippen LogP contribution in [0.15, 0.2) is 41.7 Å². The van der Waals surface area contributed by atoms with E-state index in [-0.39, 0.29) is 5.91 Å². The molecule has 2 aromatic heterocycles. The van der Waals surface area contributed by atoms with Gasteiger partial charge in [-0.25, -0.2) is 9.97 Å². The Hall–Kier alpha value is -1.61. The molecule has 2 amide bonds. The highest BCUT2D eigenvalue weighted by Crippen LogP contribution is 2.13. The van der Waals surface area contributed by atoms with Crippen molar-refractivity contribution in [1.29, 1.82) is 0 Å². The van der Waals surface area contributed by atoms with Crippen LogP contribution in [0.1, 0.15) is 20.7 Å². The molecule has 0 aliphatic carbocycles. The molecule has 2 rings (SSSR count). The quantitative estimate of drug-likeness (QED) is 0.454. The van der Waals surface area contributed by atoms with Crippen molar-refractivity contribution in [1.82, 2.24) is 9.97 Å². The largest absolute Gasteiger partial charge is 0.366 e. The first-order valence-corrected chi connectivity index (χ1v) is 9.81. The molecule has 0 aliphatic heterocycles. The lowest BCUT2D eigenvalue weighted by Gasteiger charge is -1.98. The van der Waals surface area contributed by atoms with Crippen molar-refractivity contribution in [2.24, 2.45) is 10.7 Å². The molecule has 0 radical (unpaired) electrons. The van der Waals surface area contributed by atoms with Gasteiger partial charge in [-0.3, -0.25) is 9.59 Å². The molecule has 0 unspecified atom stereocenters. The monoisotopic (exact) mass is 416 g/mol. The van der Waals surface area contributed by atoms with Crippen molar-refractivity contribution in [3.8, 4) is 0 Å². The maximum absolute atomic E-state index is 11.6. The first-order valence-electron chi connectivity index (χ1n) is 6.61. The summed E-state index contributed by atoms with van der Waals surface area (Å²) >= 11 is 13.9. The highest BCUT2D eigenvalue weighted by Gasteiger charge is 2.06. The minimum atomic E-state index is -0.496. The molecule has 2 aromatic rings. The second kappa shape index (κ2) is 11.1. The number of thioether (sulfide) groups is 2. The van der Waals surface area contributed by atoms with Crippen LogP contribution in [0.5, 0.6) is 0 Å². The van der Waals surface area contributed by atoms with E-state index >= 15 is 0 Å². The molecule has 2 heterocycles. The molecule has 10 heteroatoms. The normalized spacial score (nSPS) is 9.60. The zero-order chi connectivity index (χ0) is 18.8. The number of rotatable bonds is 2. The van der Waals surface area contributed by atoms with E-state index in [9.17, 15) is 9.59 Å². The van der Waals surface area contributed by atoms with E-state index < -0.39 is 5.91 Å². The van der Waals surface area contributed by atoms with E-state index in [1.54, 1.807) is 12.1 Å². The van der Waals surface area contributed by atoms with E-state index in [0.29, 0.717) is 21.4 Å². The summed E-state index contributed by atoms with van der Waals surface area (Å²) in [5.41, 5.74) is 5.75. The van der Waals surface area contributed by atoms with Crippen LogP contribution in [0.3, 0.4) is 0 Å². The zero-order valence-electron chi connectivity index (χ0n) is 13.3. The predicted octanol–water partition coefficient (Wildman–Crippen LogP) is 3.79. The third kappa shape index (κ3) is 7.87. The number of carbonyl (C=O) groups excluding carboxylic acids is 2. The zero-order valence-corrected chi connectivity index (χ0v) is 16.4. The van der Waals surface area contributed by atoms with Crippen LogP contribution >= 0.6 is 46.7 Å². The average molecular weight is 417 g/mol. The maximum Gasteiger partial charge on any atom is 0.280 e. The summed E-state index contributed by atoms with van der Waals surface area (Å²) in [6, 6.07) is 6.22. The molecule has 0 saturated heterocycles. The second-order valence-corrected chi connectivity index (χ2v) is 6.82. The molecule has 25 heavy (non-hydrogen) atoms. The van der Waals surface area contributed by atoms with Crippen LogP contribution in [-0.2, 0) is 0 Å². The first-order chi connectivity index (χ1) is 11.9. The number of carbonyl (C=O) groups is 2. The summed E-state index contributed by atoms with van der Waals surface area (Å²) in [6.07, 6.45) is 6.52. The smallest absolute Gasteiger partial charge is 0.280 e. The molecule has 0 atom stereocenters. The number of amides is 2. The molecule has 0 saturated carbocycles. The van der Waals surface area contributed by atoms with E-state index in [0.717, 1.165) is 4.38 Å². The van der Waals surface area contributed by atoms with Crippen LogP contribution in [0.2, 0.25) is 10.3 Å². The van der Waals surface area contributed by atoms with Gasteiger partial charge in [0.05, 0.1) is 11.1 Å². The summed E-state index contributed by atoms with van der Waals surface area (Å²) in [6.45, 7) is 0. The van der Waals surface area contributed by atoms with Gasteiger partial charge < -0.3 is 5.73 Å². The number of aliphatic imine (C=N–C) groups is 1. The highest BCUT2D eigenvalue weighted by molar-refractivity contribution is 8.38. The van der Waals surface area contributed by atoms with Crippen molar-refractivity contribution in [2.45, 2.75) is 0 Å². The molecule has 2 N–H and O–H groups in total. The lowest BCUT2D eigenvalue weighted by atomic mass is 10.3. The van der Waals surface area contributed by atoms with Gasteiger partial charge in [-0.05, 0) is 36.8 Å². The lowest BCUT2D eigenvalue weighted by Crippen LogP contribution is -2.10. The summed E-state index contributed by atoms with van der Waals surface area (Å²) in [7, 11) is 0. The van der Waals surface area contributed by atoms with Gasteiger partial charge in [0.2, 0.25) is 5.91 Å². The molecule has 0 fully saturated rings. The fourth-order valence-corrected chi connectivity index (χ4v) is 2.58. The molecule has 0 aromatic carbocycles. The maximum atomic E-state index is 11.6. The minimum Gasteiger partial charge on any atom is -0.366 e. The molecular weight excluding hydrogens is 403 g/mol. The number of halogens is 2. The van der Waals surface area contributed by atoms with Gasteiger partial charge in [-0.2, -0.15) is 4.99 Å². The number of nitrogens with zero attached hydrogens (tertiary/aromatic N) is 3. The third-order valence-electron chi connectivity index (χ3n) is 2.53. The van der Waals surface area contributed by atoms with Gasteiger partial charge in [-0.15, -0.1) is 23.5 Å². The number of pyridine rings is 2. The summed E-state index contributed by atoms with van der Waals surface area (Å²) in [4.78, 5) is 33.5. The Balaban J connectivity index is 0.000000271. The molecule has 0 aliphatic rings. The van der Waals surface area contributed by atoms with Crippen molar-refractivity contribution in [3.63, 3.8) is 0 Å². The van der Waals surface area contributed by atoms with Crippen molar-refractivity contribution in [3.05, 3.63) is 58.1 Å². The van der Waals surface area contributed by atoms with Gasteiger partial charge in [-0.1, -0.05) is 23.2 Å². The number of aromatic nitrogens is 2. The number of hydrogen-bond donors (Lipinski definition) is 1. The van der Waals surface area contributed by atoms with Crippen LogP contribution in [0.4, 0.5) is 0 Å². The minimum absolute atomic E-state index is 0.294. The van der Waals surface area contributed by atoms with E-state index in [1.807, 2.05) is 12.5 Å². The summed E-state index contributed by atoms with van der Waals surface area (Å²) < 4.78 is 0.731. The van der Waals surface area contributed by atoms with Gasteiger partial charge in [0.1, 0.15) is 14.7 Å².